The monoisotopic (exact) mass is 363 g/mol. The van der Waals surface area contributed by atoms with Crippen molar-refractivity contribution in [3.05, 3.63) is 77.6 Å². The highest BCUT2D eigenvalue weighted by molar-refractivity contribution is 5.96. The largest absolute Gasteiger partial charge is 0.366 e. The fourth-order valence-corrected chi connectivity index (χ4v) is 3.29. The van der Waals surface area contributed by atoms with E-state index in [0.29, 0.717) is 17.7 Å². The fraction of sp³-hybridized carbons (Fsp3) is 0.150. The molecule has 2 heterocycles. The topological polar surface area (TPSA) is 78.7 Å². The summed E-state index contributed by atoms with van der Waals surface area (Å²) in [6.45, 7) is 2.77. The van der Waals surface area contributed by atoms with Crippen molar-refractivity contribution in [2.75, 3.05) is 0 Å². The van der Waals surface area contributed by atoms with Crippen molar-refractivity contribution in [2.45, 2.75) is 19.9 Å². The molecule has 136 valence electrons. The van der Waals surface area contributed by atoms with Gasteiger partial charge in [0.1, 0.15) is 11.6 Å². The van der Waals surface area contributed by atoms with E-state index < -0.39 is 5.91 Å². The Kier molecular flexibility index (Phi) is 4.19. The molecule has 0 spiro atoms. The summed E-state index contributed by atoms with van der Waals surface area (Å²) in [5, 5.41) is 4.32. The van der Waals surface area contributed by atoms with Crippen LogP contribution in [0.5, 0.6) is 0 Å². The molecule has 4 aromatic rings. The van der Waals surface area contributed by atoms with Crippen LogP contribution < -0.4 is 5.73 Å². The van der Waals surface area contributed by atoms with Gasteiger partial charge < -0.3 is 10.3 Å². The Labute approximate surface area is 155 Å². The van der Waals surface area contributed by atoms with E-state index in [4.69, 9.17) is 10.7 Å². The van der Waals surface area contributed by atoms with E-state index in [1.165, 1.54) is 12.1 Å². The first kappa shape index (κ1) is 17.0. The zero-order chi connectivity index (χ0) is 19.0. The first-order chi connectivity index (χ1) is 13.1. The Morgan fingerprint density at radius 3 is 2.78 bits per heavy atom. The molecule has 0 bridgehead atoms. The van der Waals surface area contributed by atoms with Gasteiger partial charge in [0.05, 0.1) is 22.4 Å². The van der Waals surface area contributed by atoms with E-state index in [1.807, 2.05) is 25.1 Å². The molecule has 27 heavy (non-hydrogen) atoms. The number of imidazole rings is 1. The quantitative estimate of drug-likeness (QED) is 0.592. The van der Waals surface area contributed by atoms with Crippen molar-refractivity contribution >= 4 is 16.9 Å². The van der Waals surface area contributed by atoms with Crippen molar-refractivity contribution < 1.29 is 9.18 Å². The maximum atomic E-state index is 13.6. The molecule has 0 aliphatic rings. The third kappa shape index (κ3) is 3.08. The third-order valence-corrected chi connectivity index (χ3v) is 4.54. The summed E-state index contributed by atoms with van der Waals surface area (Å²) in [5.74, 6) is 0.0506. The molecule has 0 aliphatic carbocycles. The third-order valence-electron chi connectivity index (χ3n) is 4.54. The number of nitrogens with zero attached hydrogens (tertiary/aromatic N) is 4. The molecule has 6 nitrogen and oxygen atoms in total. The van der Waals surface area contributed by atoms with Gasteiger partial charge in [-0.05, 0) is 49.4 Å². The van der Waals surface area contributed by atoms with Crippen LogP contribution in [0, 0.1) is 5.82 Å². The summed E-state index contributed by atoms with van der Waals surface area (Å²) in [5.41, 5.74) is 9.01. The van der Waals surface area contributed by atoms with Gasteiger partial charge in [-0.25, -0.2) is 14.1 Å². The smallest absolute Gasteiger partial charge is 0.248 e. The zero-order valence-electron chi connectivity index (χ0n) is 14.8. The number of primary amides is 1. The Balaban J connectivity index is 1.76. The standard InChI is InChI=1S/C20H18FN5O/c1-2-25-18-7-6-13(20(22)27)10-17(18)24-19(25)12-16-8-9-23-26(16)15-5-3-4-14(21)11-15/h3-11H,2,12H2,1H3,(H2,22,27). The second-order valence-electron chi connectivity index (χ2n) is 6.23. The predicted molar refractivity (Wildman–Crippen MR) is 100 cm³/mol. The van der Waals surface area contributed by atoms with Crippen molar-refractivity contribution in [3.63, 3.8) is 0 Å². The number of hydrogen-bond donors (Lipinski definition) is 1. The Morgan fingerprint density at radius 1 is 1.19 bits per heavy atom. The van der Waals surface area contributed by atoms with Gasteiger partial charge >= 0.3 is 0 Å². The summed E-state index contributed by atoms with van der Waals surface area (Å²) < 4.78 is 17.4. The highest BCUT2D eigenvalue weighted by Gasteiger charge is 2.15. The van der Waals surface area contributed by atoms with Gasteiger partial charge in [-0.2, -0.15) is 5.10 Å². The first-order valence-electron chi connectivity index (χ1n) is 8.64. The summed E-state index contributed by atoms with van der Waals surface area (Å²) in [7, 11) is 0. The van der Waals surface area contributed by atoms with Gasteiger partial charge in [-0.1, -0.05) is 6.07 Å². The summed E-state index contributed by atoms with van der Waals surface area (Å²) in [4.78, 5) is 16.1. The van der Waals surface area contributed by atoms with Crippen LogP contribution in [0.1, 0.15) is 28.8 Å². The van der Waals surface area contributed by atoms with Crippen molar-refractivity contribution in [3.8, 4) is 5.69 Å². The average Bonchev–Trinajstić information content (AvgIpc) is 3.25. The molecule has 2 aromatic heterocycles. The molecular weight excluding hydrogens is 345 g/mol. The van der Waals surface area contributed by atoms with Crippen LogP contribution in [0.2, 0.25) is 0 Å². The number of aromatic nitrogens is 4. The summed E-state index contributed by atoms with van der Waals surface area (Å²) >= 11 is 0. The molecular formula is C20H18FN5O. The molecule has 1 amide bonds. The minimum atomic E-state index is -0.478. The maximum Gasteiger partial charge on any atom is 0.248 e. The molecule has 0 atom stereocenters. The van der Waals surface area contributed by atoms with E-state index in [1.54, 1.807) is 29.1 Å². The van der Waals surface area contributed by atoms with Crippen LogP contribution in [0.25, 0.3) is 16.7 Å². The molecule has 0 unspecified atom stereocenters. The molecule has 0 saturated carbocycles. The molecule has 0 fully saturated rings. The lowest BCUT2D eigenvalue weighted by atomic mass is 10.2. The number of halogens is 1. The van der Waals surface area contributed by atoms with E-state index in [9.17, 15) is 9.18 Å². The second-order valence-corrected chi connectivity index (χ2v) is 6.23. The SMILES string of the molecule is CCn1c(Cc2ccnn2-c2cccc(F)c2)nc2cc(C(N)=O)ccc21. The minimum Gasteiger partial charge on any atom is -0.366 e. The minimum absolute atomic E-state index is 0.311. The van der Waals surface area contributed by atoms with Crippen LogP contribution in [0.4, 0.5) is 4.39 Å². The number of benzene rings is 2. The van der Waals surface area contributed by atoms with Crippen LogP contribution >= 0.6 is 0 Å². The number of hydrogen-bond acceptors (Lipinski definition) is 3. The highest BCUT2D eigenvalue weighted by atomic mass is 19.1. The van der Waals surface area contributed by atoms with Gasteiger partial charge in [-0.3, -0.25) is 4.79 Å². The van der Waals surface area contributed by atoms with E-state index in [-0.39, 0.29) is 5.82 Å². The second kappa shape index (κ2) is 6.68. The zero-order valence-corrected chi connectivity index (χ0v) is 14.8. The predicted octanol–water partition coefficient (Wildman–Crippen LogP) is 3.07. The summed E-state index contributed by atoms with van der Waals surface area (Å²) in [6, 6.07) is 13.5. The number of carbonyl (C=O) groups excluding carboxylic acids is 1. The lowest BCUT2D eigenvalue weighted by Gasteiger charge is -2.09. The molecule has 0 aliphatic heterocycles. The highest BCUT2D eigenvalue weighted by Crippen LogP contribution is 2.21. The Morgan fingerprint density at radius 2 is 2.04 bits per heavy atom. The Hall–Kier alpha value is -3.48. The molecule has 0 saturated heterocycles. The lowest BCUT2D eigenvalue weighted by Crippen LogP contribution is -2.10. The molecule has 4 rings (SSSR count). The first-order valence-corrected chi connectivity index (χ1v) is 8.64. The van der Waals surface area contributed by atoms with E-state index >= 15 is 0 Å². The number of nitrogens with two attached hydrogens (primary N) is 1. The molecule has 0 radical (unpaired) electrons. The average molecular weight is 363 g/mol. The van der Waals surface area contributed by atoms with Crippen LogP contribution in [0.15, 0.2) is 54.7 Å². The van der Waals surface area contributed by atoms with Crippen molar-refractivity contribution in [1.82, 2.24) is 19.3 Å². The summed E-state index contributed by atoms with van der Waals surface area (Å²) in [6.07, 6.45) is 2.20. The molecule has 2 N–H and O–H groups in total. The van der Waals surface area contributed by atoms with E-state index in [0.717, 1.165) is 29.1 Å². The van der Waals surface area contributed by atoms with Gasteiger partial charge in [0.25, 0.3) is 0 Å². The van der Waals surface area contributed by atoms with E-state index in [2.05, 4.69) is 9.67 Å². The van der Waals surface area contributed by atoms with Gasteiger partial charge in [-0.15, -0.1) is 0 Å². The maximum absolute atomic E-state index is 13.6. The molecule has 2 aromatic carbocycles. The van der Waals surface area contributed by atoms with Crippen molar-refractivity contribution in [1.29, 1.82) is 0 Å². The van der Waals surface area contributed by atoms with Gasteiger partial charge in [0, 0.05) is 24.7 Å². The van der Waals surface area contributed by atoms with Gasteiger partial charge in [0.2, 0.25) is 5.91 Å². The normalized spacial score (nSPS) is 11.2. The number of aryl methyl sites for hydroxylation is 1. The van der Waals surface area contributed by atoms with Crippen LogP contribution in [0.3, 0.4) is 0 Å². The fourth-order valence-electron chi connectivity index (χ4n) is 3.29. The van der Waals surface area contributed by atoms with Crippen LogP contribution in [-0.4, -0.2) is 25.2 Å². The van der Waals surface area contributed by atoms with Gasteiger partial charge in [0.15, 0.2) is 0 Å². The number of fused-ring (bicyclic) bond motifs is 1. The number of carbonyl (C=O) groups is 1. The molecule has 7 heteroatoms. The van der Waals surface area contributed by atoms with Crippen molar-refractivity contribution in [2.24, 2.45) is 5.73 Å². The number of rotatable bonds is 5. The Bertz CT molecular complexity index is 1140. The number of amides is 1. The van der Waals surface area contributed by atoms with Crippen LogP contribution in [-0.2, 0) is 13.0 Å². The lowest BCUT2D eigenvalue weighted by molar-refractivity contribution is 0.100.